The first-order valence-electron chi connectivity index (χ1n) is 6.63. The van der Waals surface area contributed by atoms with Gasteiger partial charge in [0.1, 0.15) is 0 Å². The summed E-state index contributed by atoms with van der Waals surface area (Å²) in [6, 6.07) is 10.0. The molecule has 6 nitrogen and oxygen atoms in total. The largest absolute Gasteiger partial charge is 0.394 e. The Balaban J connectivity index is 1.70. The van der Waals surface area contributed by atoms with E-state index in [4.69, 9.17) is 14.4 Å². The first kappa shape index (κ1) is 14.6. The van der Waals surface area contributed by atoms with E-state index in [9.17, 15) is 0 Å². The number of ether oxygens (including phenoxy) is 1. The molecule has 0 unspecified atom stereocenters. The summed E-state index contributed by atoms with van der Waals surface area (Å²) in [5.41, 5.74) is 1.16. The fourth-order valence-electron chi connectivity index (χ4n) is 1.72. The molecule has 0 atom stereocenters. The molecule has 0 fully saturated rings. The standard InChI is InChI=1S/C14H19N3O3/c18-7-9-19-8-6-15-11-14-16-13(17-20-14)10-12-4-2-1-3-5-12/h1-5,15,18H,6-11H2. The number of hydrogen-bond donors (Lipinski definition) is 2. The lowest BCUT2D eigenvalue weighted by Crippen LogP contribution is -2.20. The van der Waals surface area contributed by atoms with Crippen LogP contribution >= 0.6 is 0 Å². The zero-order valence-corrected chi connectivity index (χ0v) is 11.3. The van der Waals surface area contributed by atoms with Crippen molar-refractivity contribution in [2.75, 3.05) is 26.4 Å². The molecule has 0 saturated carbocycles. The Morgan fingerprint density at radius 3 is 2.85 bits per heavy atom. The second-order valence-corrected chi connectivity index (χ2v) is 4.28. The van der Waals surface area contributed by atoms with E-state index < -0.39 is 0 Å². The second kappa shape index (κ2) is 8.42. The molecule has 2 aromatic rings. The number of aliphatic hydroxyl groups excluding tert-OH is 1. The molecule has 0 aliphatic rings. The second-order valence-electron chi connectivity index (χ2n) is 4.28. The lowest BCUT2D eigenvalue weighted by Gasteiger charge is -2.02. The van der Waals surface area contributed by atoms with E-state index in [1.807, 2.05) is 30.3 Å². The number of benzene rings is 1. The molecule has 20 heavy (non-hydrogen) atoms. The van der Waals surface area contributed by atoms with Crippen LogP contribution in [0.1, 0.15) is 17.3 Å². The van der Waals surface area contributed by atoms with Crippen LogP contribution in [0.15, 0.2) is 34.9 Å². The number of nitrogens with one attached hydrogen (secondary N) is 1. The Kier molecular flexibility index (Phi) is 6.16. The zero-order chi connectivity index (χ0) is 14.0. The van der Waals surface area contributed by atoms with Crippen molar-refractivity contribution in [2.24, 2.45) is 0 Å². The van der Waals surface area contributed by atoms with E-state index >= 15 is 0 Å². The van der Waals surface area contributed by atoms with Crippen LogP contribution < -0.4 is 5.32 Å². The maximum Gasteiger partial charge on any atom is 0.240 e. The zero-order valence-electron chi connectivity index (χ0n) is 11.3. The average Bonchev–Trinajstić information content (AvgIpc) is 2.91. The Bertz CT molecular complexity index is 487. The molecule has 0 aliphatic heterocycles. The van der Waals surface area contributed by atoms with Crippen LogP contribution in [0.3, 0.4) is 0 Å². The van der Waals surface area contributed by atoms with Gasteiger partial charge in [0.2, 0.25) is 5.89 Å². The van der Waals surface area contributed by atoms with Crippen LogP contribution in [0.5, 0.6) is 0 Å². The van der Waals surface area contributed by atoms with Crippen LogP contribution in [0.2, 0.25) is 0 Å². The van der Waals surface area contributed by atoms with Gasteiger partial charge >= 0.3 is 0 Å². The quantitative estimate of drug-likeness (QED) is 0.659. The molecule has 0 saturated heterocycles. The molecule has 6 heteroatoms. The number of aliphatic hydroxyl groups is 1. The lowest BCUT2D eigenvalue weighted by atomic mass is 10.1. The topological polar surface area (TPSA) is 80.4 Å². The minimum Gasteiger partial charge on any atom is -0.394 e. The van der Waals surface area contributed by atoms with E-state index in [1.54, 1.807) is 0 Å². The van der Waals surface area contributed by atoms with E-state index in [1.165, 1.54) is 0 Å². The summed E-state index contributed by atoms with van der Waals surface area (Å²) in [6.07, 6.45) is 0.671. The third kappa shape index (κ3) is 5.08. The van der Waals surface area contributed by atoms with E-state index in [0.717, 1.165) is 5.56 Å². The van der Waals surface area contributed by atoms with Crippen LogP contribution in [0.25, 0.3) is 0 Å². The Morgan fingerprint density at radius 1 is 1.20 bits per heavy atom. The van der Waals surface area contributed by atoms with Crippen LogP contribution in [-0.2, 0) is 17.7 Å². The molecule has 108 valence electrons. The molecular formula is C14H19N3O3. The SMILES string of the molecule is OCCOCCNCc1nc(Cc2ccccc2)no1. The highest BCUT2D eigenvalue weighted by molar-refractivity contribution is 5.18. The summed E-state index contributed by atoms with van der Waals surface area (Å²) in [7, 11) is 0. The van der Waals surface area contributed by atoms with Crippen molar-refractivity contribution in [3.8, 4) is 0 Å². The summed E-state index contributed by atoms with van der Waals surface area (Å²) in [4.78, 5) is 4.32. The van der Waals surface area contributed by atoms with E-state index in [2.05, 4.69) is 15.5 Å². The third-order valence-corrected chi connectivity index (χ3v) is 2.65. The maximum atomic E-state index is 8.55. The van der Waals surface area contributed by atoms with Gasteiger partial charge in [0.25, 0.3) is 0 Å². The molecule has 0 spiro atoms. The summed E-state index contributed by atoms with van der Waals surface area (Å²) < 4.78 is 10.3. The molecule has 0 aliphatic carbocycles. The van der Waals surface area contributed by atoms with E-state index in [0.29, 0.717) is 44.4 Å². The Morgan fingerprint density at radius 2 is 2.05 bits per heavy atom. The van der Waals surface area contributed by atoms with Gasteiger partial charge in [-0.25, -0.2) is 0 Å². The van der Waals surface area contributed by atoms with Gasteiger partial charge in [-0.1, -0.05) is 35.5 Å². The van der Waals surface area contributed by atoms with Crippen molar-refractivity contribution in [3.05, 3.63) is 47.6 Å². The fourth-order valence-corrected chi connectivity index (χ4v) is 1.72. The van der Waals surface area contributed by atoms with Gasteiger partial charge in [0.15, 0.2) is 5.82 Å². The minimum atomic E-state index is 0.0481. The third-order valence-electron chi connectivity index (χ3n) is 2.65. The Labute approximate surface area is 117 Å². The van der Waals surface area contributed by atoms with Crippen LogP contribution in [0, 0.1) is 0 Å². The van der Waals surface area contributed by atoms with Crippen LogP contribution in [-0.4, -0.2) is 41.6 Å². The molecule has 0 bridgehead atoms. The summed E-state index contributed by atoms with van der Waals surface area (Å²) in [5, 5.41) is 15.6. The summed E-state index contributed by atoms with van der Waals surface area (Å²) in [5.74, 6) is 1.25. The molecule has 1 aromatic heterocycles. The molecule has 0 radical (unpaired) electrons. The molecule has 0 amide bonds. The number of rotatable bonds is 9. The summed E-state index contributed by atoms with van der Waals surface area (Å²) in [6.45, 7) is 2.15. The van der Waals surface area contributed by atoms with Gasteiger partial charge < -0.3 is 19.7 Å². The first-order valence-corrected chi connectivity index (χ1v) is 6.63. The molecule has 2 rings (SSSR count). The van der Waals surface area contributed by atoms with Crippen LogP contribution in [0.4, 0.5) is 0 Å². The van der Waals surface area contributed by atoms with Gasteiger partial charge in [-0.2, -0.15) is 4.98 Å². The van der Waals surface area contributed by atoms with Gasteiger partial charge in [0, 0.05) is 13.0 Å². The summed E-state index contributed by atoms with van der Waals surface area (Å²) >= 11 is 0. The molecular weight excluding hydrogens is 258 g/mol. The lowest BCUT2D eigenvalue weighted by molar-refractivity contribution is 0.0934. The van der Waals surface area contributed by atoms with Crippen molar-refractivity contribution in [2.45, 2.75) is 13.0 Å². The van der Waals surface area contributed by atoms with Crippen molar-refractivity contribution in [3.63, 3.8) is 0 Å². The number of aromatic nitrogens is 2. The van der Waals surface area contributed by atoms with Crippen molar-refractivity contribution < 1.29 is 14.4 Å². The number of nitrogens with zero attached hydrogens (tertiary/aromatic N) is 2. The monoisotopic (exact) mass is 277 g/mol. The minimum absolute atomic E-state index is 0.0481. The van der Waals surface area contributed by atoms with Crippen molar-refractivity contribution >= 4 is 0 Å². The molecule has 2 N–H and O–H groups in total. The van der Waals surface area contributed by atoms with Crippen molar-refractivity contribution in [1.82, 2.24) is 15.5 Å². The van der Waals surface area contributed by atoms with Gasteiger partial charge in [-0.3, -0.25) is 0 Å². The fraction of sp³-hybridized carbons (Fsp3) is 0.429. The predicted molar refractivity (Wildman–Crippen MR) is 73.2 cm³/mol. The molecule has 1 heterocycles. The predicted octanol–water partition coefficient (Wildman–Crippen LogP) is 0.759. The smallest absolute Gasteiger partial charge is 0.240 e. The van der Waals surface area contributed by atoms with Gasteiger partial charge in [-0.05, 0) is 5.56 Å². The van der Waals surface area contributed by atoms with Gasteiger partial charge in [-0.15, -0.1) is 0 Å². The highest BCUT2D eigenvalue weighted by Crippen LogP contribution is 2.06. The number of hydrogen-bond acceptors (Lipinski definition) is 6. The molecule has 1 aromatic carbocycles. The maximum absolute atomic E-state index is 8.55. The van der Waals surface area contributed by atoms with Crippen molar-refractivity contribution in [1.29, 1.82) is 0 Å². The van der Waals surface area contributed by atoms with Gasteiger partial charge in [0.05, 0.1) is 26.4 Å². The normalized spacial score (nSPS) is 10.8. The Hall–Kier alpha value is -1.76. The van der Waals surface area contributed by atoms with E-state index in [-0.39, 0.29) is 6.61 Å². The highest BCUT2D eigenvalue weighted by atomic mass is 16.5. The first-order chi connectivity index (χ1) is 9.88. The average molecular weight is 277 g/mol. The highest BCUT2D eigenvalue weighted by Gasteiger charge is 2.06.